The van der Waals surface area contributed by atoms with Crippen molar-refractivity contribution < 1.29 is 4.74 Å². The van der Waals surface area contributed by atoms with Crippen LogP contribution in [0.4, 0.5) is 0 Å². The van der Waals surface area contributed by atoms with Gasteiger partial charge in [0.05, 0.1) is 22.9 Å². The second-order valence-electron chi connectivity index (χ2n) is 5.24. The standard InChI is InChI=1S/C17H12N6O/c18-9-11-13(10-4-7-20-8-5-10)14-15(12-3-1-2-6-21-12)22-23-17(14)24-16(11)19/h1-8,13H,19H2,(H,22,23)/t13-/m1/s1. The molecule has 0 aliphatic carbocycles. The summed E-state index contributed by atoms with van der Waals surface area (Å²) in [6.45, 7) is 0. The number of hydrogen-bond donors (Lipinski definition) is 2. The first-order valence-electron chi connectivity index (χ1n) is 7.26. The minimum atomic E-state index is -0.391. The Labute approximate surface area is 137 Å². The van der Waals surface area contributed by atoms with E-state index in [1.54, 1.807) is 18.6 Å². The maximum Gasteiger partial charge on any atom is 0.244 e. The molecule has 24 heavy (non-hydrogen) atoms. The van der Waals surface area contributed by atoms with Gasteiger partial charge in [0, 0.05) is 18.6 Å². The van der Waals surface area contributed by atoms with Crippen molar-refractivity contribution in [2.75, 3.05) is 0 Å². The molecule has 4 rings (SSSR count). The number of pyridine rings is 2. The van der Waals surface area contributed by atoms with Gasteiger partial charge < -0.3 is 10.5 Å². The Morgan fingerprint density at radius 1 is 1.17 bits per heavy atom. The minimum absolute atomic E-state index is 0.0610. The minimum Gasteiger partial charge on any atom is -0.420 e. The van der Waals surface area contributed by atoms with Crippen LogP contribution >= 0.6 is 0 Å². The maximum absolute atomic E-state index is 9.59. The second-order valence-corrected chi connectivity index (χ2v) is 5.24. The van der Waals surface area contributed by atoms with Crippen LogP contribution in [0, 0.1) is 11.3 Å². The number of aromatic nitrogens is 4. The largest absolute Gasteiger partial charge is 0.420 e. The van der Waals surface area contributed by atoms with Gasteiger partial charge in [0.25, 0.3) is 0 Å². The molecule has 0 fully saturated rings. The van der Waals surface area contributed by atoms with E-state index in [4.69, 9.17) is 10.5 Å². The first-order chi connectivity index (χ1) is 11.8. The molecule has 0 aromatic carbocycles. The Morgan fingerprint density at radius 2 is 2.00 bits per heavy atom. The molecule has 0 bridgehead atoms. The highest BCUT2D eigenvalue weighted by atomic mass is 16.5. The third-order valence-electron chi connectivity index (χ3n) is 3.90. The van der Waals surface area contributed by atoms with Crippen LogP contribution in [-0.2, 0) is 0 Å². The number of H-pyrrole nitrogens is 1. The van der Waals surface area contributed by atoms with Crippen molar-refractivity contribution in [3.8, 4) is 23.3 Å². The molecule has 7 nitrogen and oxygen atoms in total. The van der Waals surface area contributed by atoms with Gasteiger partial charge in [-0.05, 0) is 29.8 Å². The zero-order valence-electron chi connectivity index (χ0n) is 12.5. The van der Waals surface area contributed by atoms with Gasteiger partial charge >= 0.3 is 0 Å². The summed E-state index contributed by atoms with van der Waals surface area (Å²) in [6.07, 6.45) is 5.05. The molecule has 0 radical (unpaired) electrons. The molecule has 1 atom stereocenters. The molecule has 0 amide bonds. The van der Waals surface area contributed by atoms with Crippen molar-refractivity contribution in [3.05, 3.63) is 71.5 Å². The summed E-state index contributed by atoms with van der Waals surface area (Å²) in [5.74, 6) is 0.0253. The quantitative estimate of drug-likeness (QED) is 0.748. The smallest absolute Gasteiger partial charge is 0.244 e. The van der Waals surface area contributed by atoms with Gasteiger partial charge in [-0.15, -0.1) is 5.10 Å². The summed E-state index contributed by atoms with van der Waals surface area (Å²) in [4.78, 5) is 8.40. The lowest BCUT2D eigenvalue weighted by Gasteiger charge is -2.23. The van der Waals surface area contributed by atoms with Crippen LogP contribution in [0.5, 0.6) is 5.88 Å². The van der Waals surface area contributed by atoms with Crippen LogP contribution in [-0.4, -0.2) is 20.2 Å². The zero-order chi connectivity index (χ0) is 16.5. The van der Waals surface area contributed by atoms with E-state index >= 15 is 0 Å². The van der Waals surface area contributed by atoms with E-state index in [0.29, 0.717) is 22.8 Å². The Balaban J connectivity index is 1.96. The lowest BCUT2D eigenvalue weighted by Crippen LogP contribution is -2.21. The summed E-state index contributed by atoms with van der Waals surface area (Å²) < 4.78 is 5.54. The molecule has 4 heterocycles. The lowest BCUT2D eigenvalue weighted by molar-refractivity contribution is 0.379. The highest BCUT2D eigenvalue weighted by molar-refractivity contribution is 5.68. The number of nitrogens with two attached hydrogens (primary N) is 1. The number of nitrogens with one attached hydrogen (secondary N) is 1. The molecule has 3 N–H and O–H groups in total. The number of nitriles is 1. The van der Waals surface area contributed by atoms with E-state index in [1.165, 1.54) is 0 Å². The van der Waals surface area contributed by atoms with E-state index in [1.807, 2.05) is 30.3 Å². The van der Waals surface area contributed by atoms with Gasteiger partial charge in [-0.2, -0.15) is 5.26 Å². The number of aromatic amines is 1. The number of allylic oxidation sites excluding steroid dienone is 1. The highest BCUT2D eigenvalue weighted by Gasteiger charge is 2.35. The number of fused-ring (bicyclic) bond motifs is 1. The molecule has 0 saturated carbocycles. The van der Waals surface area contributed by atoms with Crippen LogP contribution in [0.3, 0.4) is 0 Å². The van der Waals surface area contributed by atoms with Crippen molar-refractivity contribution in [1.29, 1.82) is 5.26 Å². The zero-order valence-corrected chi connectivity index (χ0v) is 12.5. The molecule has 7 heteroatoms. The summed E-state index contributed by atoms with van der Waals surface area (Å²) >= 11 is 0. The van der Waals surface area contributed by atoms with Crippen molar-refractivity contribution >= 4 is 0 Å². The normalized spacial score (nSPS) is 16.2. The number of nitrogens with zero attached hydrogens (tertiary/aromatic N) is 4. The molecular weight excluding hydrogens is 304 g/mol. The van der Waals surface area contributed by atoms with Crippen LogP contribution in [0.1, 0.15) is 17.0 Å². The molecule has 0 saturated heterocycles. The van der Waals surface area contributed by atoms with Crippen LogP contribution in [0.2, 0.25) is 0 Å². The van der Waals surface area contributed by atoms with E-state index in [2.05, 4.69) is 26.2 Å². The van der Waals surface area contributed by atoms with Crippen LogP contribution in [0.15, 0.2) is 60.4 Å². The molecule has 0 unspecified atom stereocenters. The predicted octanol–water partition coefficient (Wildman–Crippen LogP) is 2.08. The highest BCUT2D eigenvalue weighted by Crippen LogP contribution is 2.44. The van der Waals surface area contributed by atoms with E-state index < -0.39 is 5.92 Å². The summed E-state index contributed by atoms with van der Waals surface area (Å²) in [5.41, 5.74) is 9.31. The average Bonchev–Trinajstić information content (AvgIpc) is 3.05. The fourth-order valence-corrected chi connectivity index (χ4v) is 2.84. The fraction of sp³-hybridized carbons (Fsp3) is 0.0588. The molecule has 3 aromatic heterocycles. The molecule has 116 valence electrons. The van der Waals surface area contributed by atoms with Gasteiger partial charge in [0.15, 0.2) is 0 Å². The summed E-state index contributed by atoms with van der Waals surface area (Å²) in [5, 5.41) is 16.7. The second kappa shape index (κ2) is 5.52. The van der Waals surface area contributed by atoms with Crippen molar-refractivity contribution in [2.45, 2.75) is 5.92 Å². The Morgan fingerprint density at radius 3 is 2.71 bits per heavy atom. The number of ether oxygens (including phenoxy) is 1. The summed E-state index contributed by atoms with van der Waals surface area (Å²) in [7, 11) is 0. The first-order valence-corrected chi connectivity index (χ1v) is 7.26. The van der Waals surface area contributed by atoms with Crippen LogP contribution < -0.4 is 10.5 Å². The Bertz CT molecular complexity index is 956. The van der Waals surface area contributed by atoms with Crippen LogP contribution in [0.25, 0.3) is 11.4 Å². The van der Waals surface area contributed by atoms with Crippen molar-refractivity contribution in [3.63, 3.8) is 0 Å². The lowest BCUT2D eigenvalue weighted by atomic mass is 9.84. The monoisotopic (exact) mass is 316 g/mol. The van der Waals surface area contributed by atoms with Gasteiger partial charge in [0.1, 0.15) is 11.6 Å². The molecule has 1 aliphatic heterocycles. The topological polar surface area (TPSA) is 114 Å². The van der Waals surface area contributed by atoms with Gasteiger partial charge in [-0.1, -0.05) is 6.07 Å². The molecule has 1 aliphatic rings. The average molecular weight is 316 g/mol. The fourth-order valence-electron chi connectivity index (χ4n) is 2.84. The first kappa shape index (κ1) is 14.0. The molecular formula is C17H12N6O. The van der Waals surface area contributed by atoms with Gasteiger partial charge in [-0.3, -0.25) is 15.1 Å². The van der Waals surface area contributed by atoms with E-state index in [9.17, 15) is 5.26 Å². The molecule has 0 spiro atoms. The third kappa shape index (κ3) is 2.09. The van der Waals surface area contributed by atoms with Gasteiger partial charge in [0.2, 0.25) is 11.8 Å². The maximum atomic E-state index is 9.59. The summed E-state index contributed by atoms with van der Waals surface area (Å²) in [6, 6.07) is 11.4. The Kier molecular flexibility index (Phi) is 3.21. The number of rotatable bonds is 2. The predicted molar refractivity (Wildman–Crippen MR) is 85.4 cm³/mol. The van der Waals surface area contributed by atoms with E-state index in [0.717, 1.165) is 11.1 Å². The SMILES string of the molecule is N#CC1=C(N)Oc2n[nH]c(-c3ccccn3)c2[C@@H]1c1ccncc1. The van der Waals surface area contributed by atoms with E-state index in [-0.39, 0.29) is 5.88 Å². The Hall–Kier alpha value is -3.66. The van der Waals surface area contributed by atoms with Gasteiger partial charge in [-0.25, -0.2) is 0 Å². The third-order valence-corrected chi connectivity index (χ3v) is 3.90. The number of hydrogen-bond acceptors (Lipinski definition) is 6. The van der Waals surface area contributed by atoms with Crippen molar-refractivity contribution in [1.82, 2.24) is 20.2 Å². The van der Waals surface area contributed by atoms with Crippen molar-refractivity contribution in [2.24, 2.45) is 5.73 Å². The molecule has 3 aromatic rings.